The molecule has 0 radical (unpaired) electrons. The summed E-state index contributed by atoms with van der Waals surface area (Å²) in [5, 5.41) is 3.12. The molecule has 3 aromatic carbocycles. The van der Waals surface area contributed by atoms with E-state index in [-0.39, 0.29) is 6.85 Å². The van der Waals surface area contributed by atoms with Crippen molar-refractivity contribution in [2.24, 2.45) is 0 Å². The monoisotopic (exact) mass is 378 g/mol. The van der Waals surface area contributed by atoms with E-state index < -0.39 is 0 Å². The maximum Gasteiger partial charge on any atom is 0.336 e. The Morgan fingerprint density at radius 2 is 1.75 bits per heavy atom. The fourth-order valence-corrected chi connectivity index (χ4v) is 5.12. The number of nitrogens with zero attached hydrogens (tertiary/aromatic N) is 2. The van der Waals surface area contributed by atoms with Crippen LogP contribution in [0.5, 0.6) is 11.5 Å². The van der Waals surface area contributed by atoms with Crippen LogP contribution in [-0.4, -0.2) is 16.3 Å². The van der Waals surface area contributed by atoms with Crippen molar-refractivity contribution in [1.29, 1.82) is 0 Å². The number of aromatic nitrogens is 2. The van der Waals surface area contributed by atoms with Crippen LogP contribution in [0.25, 0.3) is 33.1 Å². The SMILES string of the molecule is Clc1cc2c3c(c1)-c1nccc4c5ccccc5n(c14)B3c1ccccc1O2. The quantitative estimate of drug-likeness (QED) is 0.361. The standard InChI is InChI=1S/C23H12BClN2O/c25-13-11-16-21-20(12-13)28-19-8-4-2-6-17(19)24(21)27-18-7-3-1-5-14(18)15-9-10-26-22(16)23(15)27/h1-12H. The van der Waals surface area contributed by atoms with Gasteiger partial charge in [0, 0.05) is 38.5 Å². The van der Waals surface area contributed by atoms with Crippen LogP contribution < -0.4 is 15.7 Å². The second-order valence-electron chi connectivity index (χ2n) is 7.35. The first-order chi connectivity index (χ1) is 13.8. The molecule has 0 atom stereocenters. The molecular formula is C23H12BClN2O. The van der Waals surface area contributed by atoms with Gasteiger partial charge in [0.1, 0.15) is 11.5 Å². The Bertz CT molecular complexity index is 1470. The third-order valence-electron chi connectivity index (χ3n) is 5.95. The highest BCUT2D eigenvalue weighted by atomic mass is 35.5. The number of para-hydroxylation sites is 2. The number of ether oxygens (including phenoxy) is 1. The predicted octanol–water partition coefficient (Wildman–Crippen LogP) is 4.58. The van der Waals surface area contributed by atoms with Gasteiger partial charge >= 0.3 is 6.85 Å². The van der Waals surface area contributed by atoms with Crippen molar-refractivity contribution < 1.29 is 4.74 Å². The van der Waals surface area contributed by atoms with E-state index in [1.54, 1.807) is 0 Å². The minimum atomic E-state index is 0.0336. The zero-order valence-electron chi connectivity index (χ0n) is 14.7. The lowest BCUT2D eigenvalue weighted by Gasteiger charge is -2.33. The van der Waals surface area contributed by atoms with Crippen molar-refractivity contribution in [2.75, 3.05) is 0 Å². The summed E-state index contributed by atoms with van der Waals surface area (Å²) in [6, 6.07) is 22.9. The fourth-order valence-electron chi connectivity index (χ4n) is 4.91. The van der Waals surface area contributed by atoms with Gasteiger partial charge in [-0.3, -0.25) is 4.98 Å². The molecule has 5 heteroatoms. The number of halogens is 1. The van der Waals surface area contributed by atoms with Gasteiger partial charge in [0.2, 0.25) is 0 Å². The van der Waals surface area contributed by atoms with Crippen LogP contribution in [0.15, 0.2) is 72.9 Å². The first-order valence-corrected chi connectivity index (χ1v) is 9.67. The van der Waals surface area contributed by atoms with Gasteiger partial charge < -0.3 is 9.21 Å². The molecule has 0 bridgehead atoms. The Kier molecular flexibility index (Phi) is 2.62. The summed E-state index contributed by atoms with van der Waals surface area (Å²) < 4.78 is 8.70. The normalized spacial score (nSPS) is 13.4. The average molecular weight is 379 g/mol. The molecule has 28 heavy (non-hydrogen) atoms. The van der Waals surface area contributed by atoms with Crippen molar-refractivity contribution >= 4 is 51.2 Å². The Labute approximate surface area is 166 Å². The summed E-state index contributed by atoms with van der Waals surface area (Å²) in [6.45, 7) is 0.0336. The van der Waals surface area contributed by atoms with Crippen LogP contribution in [0.3, 0.4) is 0 Å². The molecule has 0 saturated carbocycles. The molecule has 2 aromatic heterocycles. The predicted molar refractivity (Wildman–Crippen MR) is 115 cm³/mol. The summed E-state index contributed by atoms with van der Waals surface area (Å²) in [6.07, 6.45) is 1.89. The Morgan fingerprint density at radius 3 is 2.71 bits per heavy atom. The number of hydrogen-bond acceptors (Lipinski definition) is 2. The van der Waals surface area contributed by atoms with Crippen LogP contribution in [-0.2, 0) is 0 Å². The highest BCUT2D eigenvalue weighted by molar-refractivity contribution is 6.88. The molecular weight excluding hydrogens is 367 g/mol. The van der Waals surface area contributed by atoms with Crippen molar-refractivity contribution in [3.8, 4) is 22.8 Å². The van der Waals surface area contributed by atoms with Crippen LogP contribution in [0.1, 0.15) is 0 Å². The van der Waals surface area contributed by atoms with E-state index in [4.69, 9.17) is 21.3 Å². The van der Waals surface area contributed by atoms with Gasteiger partial charge in [-0.2, -0.15) is 0 Å². The number of rotatable bonds is 0. The second kappa shape index (κ2) is 4.97. The van der Waals surface area contributed by atoms with E-state index in [1.165, 1.54) is 16.3 Å². The van der Waals surface area contributed by atoms with Gasteiger partial charge in [0.25, 0.3) is 0 Å². The molecule has 2 aliphatic rings. The van der Waals surface area contributed by atoms with E-state index in [2.05, 4.69) is 46.9 Å². The molecule has 0 unspecified atom stereocenters. The zero-order chi connectivity index (χ0) is 18.4. The smallest absolute Gasteiger partial charge is 0.336 e. The second-order valence-corrected chi connectivity index (χ2v) is 7.79. The first-order valence-electron chi connectivity index (χ1n) is 9.29. The van der Waals surface area contributed by atoms with Crippen molar-refractivity contribution in [1.82, 2.24) is 9.46 Å². The molecule has 0 amide bonds. The molecule has 0 aliphatic carbocycles. The Morgan fingerprint density at radius 1 is 0.893 bits per heavy atom. The largest absolute Gasteiger partial charge is 0.458 e. The van der Waals surface area contributed by atoms with E-state index >= 15 is 0 Å². The van der Waals surface area contributed by atoms with E-state index in [0.717, 1.165) is 39.2 Å². The molecule has 0 N–H and O–H groups in total. The zero-order valence-corrected chi connectivity index (χ0v) is 15.4. The van der Waals surface area contributed by atoms with E-state index in [9.17, 15) is 0 Å². The molecule has 3 nitrogen and oxygen atoms in total. The van der Waals surface area contributed by atoms with Gasteiger partial charge in [-0.15, -0.1) is 0 Å². The maximum atomic E-state index is 6.49. The number of pyridine rings is 1. The van der Waals surface area contributed by atoms with E-state index in [0.29, 0.717) is 5.02 Å². The summed E-state index contributed by atoms with van der Waals surface area (Å²) >= 11 is 6.49. The summed E-state index contributed by atoms with van der Waals surface area (Å²) in [5.74, 6) is 1.69. The van der Waals surface area contributed by atoms with Crippen molar-refractivity contribution in [3.05, 3.63) is 77.9 Å². The van der Waals surface area contributed by atoms with Gasteiger partial charge in [-0.1, -0.05) is 48.0 Å². The van der Waals surface area contributed by atoms with Crippen LogP contribution in [0.4, 0.5) is 0 Å². The van der Waals surface area contributed by atoms with Gasteiger partial charge in [0.15, 0.2) is 0 Å². The fraction of sp³-hybridized carbons (Fsp3) is 0. The number of benzene rings is 3. The highest BCUT2D eigenvalue weighted by Crippen LogP contribution is 2.42. The molecule has 5 aromatic rings. The topological polar surface area (TPSA) is 27.1 Å². The van der Waals surface area contributed by atoms with E-state index in [1.807, 2.05) is 30.5 Å². The third kappa shape index (κ3) is 1.65. The lowest BCUT2D eigenvalue weighted by atomic mass is 9.46. The maximum absolute atomic E-state index is 6.49. The first kappa shape index (κ1) is 14.8. The van der Waals surface area contributed by atoms with Gasteiger partial charge in [-0.25, -0.2) is 0 Å². The lowest BCUT2D eigenvalue weighted by Crippen LogP contribution is -2.54. The van der Waals surface area contributed by atoms with Gasteiger partial charge in [-0.05, 0) is 35.8 Å². The molecule has 0 fully saturated rings. The molecule has 2 aliphatic heterocycles. The highest BCUT2D eigenvalue weighted by Gasteiger charge is 2.41. The molecule has 130 valence electrons. The minimum absolute atomic E-state index is 0.0336. The molecule has 7 rings (SSSR count). The van der Waals surface area contributed by atoms with Crippen LogP contribution in [0.2, 0.25) is 5.02 Å². The van der Waals surface area contributed by atoms with Crippen LogP contribution in [0, 0.1) is 0 Å². The third-order valence-corrected chi connectivity index (χ3v) is 6.16. The Balaban J connectivity index is 1.77. The van der Waals surface area contributed by atoms with Gasteiger partial charge in [0.05, 0.1) is 11.2 Å². The lowest BCUT2D eigenvalue weighted by molar-refractivity contribution is 0.487. The van der Waals surface area contributed by atoms with Crippen molar-refractivity contribution in [3.63, 3.8) is 0 Å². The summed E-state index contributed by atoms with van der Waals surface area (Å²) in [7, 11) is 0. The average Bonchev–Trinajstić information content (AvgIpc) is 3.06. The number of hydrogen-bond donors (Lipinski definition) is 0. The summed E-state index contributed by atoms with van der Waals surface area (Å²) in [5.41, 5.74) is 6.69. The van der Waals surface area contributed by atoms with Crippen LogP contribution >= 0.6 is 11.6 Å². The summed E-state index contributed by atoms with van der Waals surface area (Å²) in [4.78, 5) is 4.77. The molecule has 4 heterocycles. The van der Waals surface area contributed by atoms with Crippen molar-refractivity contribution in [2.45, 2.75) is 0 Å². The minimum Gasteiger partial charge on any atom is -0.458 e. The molecule has 0 spiro atoms. The number of fused-ring (bicyclic) bond motifs is 7. The molecule has 0 saturated heterocycles. The Hall–Kier alpha value is -3.24.